The predicted molar refractivity (Wildman–Crippen MR) is 103 cm³/mol. The monoisotopic (exact) mass is 369 g/mol. The molecule has 1 aliphatic heterocycles. The molecule has 1 unspecified atom stereocenters. The number of nitrogens with one attached hydrogen (secondary N) is 1. The van der Waals surface area contributed by atoms with E-state index in [4.69, 9.17) is 11.5 Å². The maximum atomic E-state index is 12.5. The van der Waals surface area contributed by atoms with Crippen molar-refractivity contribution in [2.45, 2.75) is 18.9 Å². The van der Waals surface area contributed by atoms with Gasteiger partial charge in [0.05, 0.1) is 11.1 Å². The van der Waals surface area contributed by atoms with Gasteiger partial charge in [-0.15, -0.1) is 0 Å². The molecule has 0 saturated carbocycles. The first-order valence-electron chi connectivity index (χ1n) is 8.03. The van der Waals surface area contributed by atoms with Crippen LogP contribution in [0.25, 0.3) is 0 Å². The van der Waals surface area contributed by atoms with Crippen molar-refractivity contribution in [3.63, 3.8) is 0 Å². The number of amidine groups is 1. The molecular weight excluding hydrogens is 350 g/mol. The maximum Gasteiger partial charge on any atom is 0.256 e. The van der Waals surface area contributed by atoms with Gasteiger partial charge < -0.3 is 16.8 Å². The summed E-state index contributed by atoms with van der Waals surface area (Å²) in [6.45, 7) is 2.01. The second-order valence-corrected chi connectivity index (χ2v) is 7.27. The predicted octanol–water partition coefficient (Wildman–Crippen LogP) is 2.10. The molecule has 2 amide bonds. The summed E-state index contributed by atoms with van der Waals surface area (Å²) >= 11 is 1.54. The average Bonchev–Trinajstić information content (AvgIpc) is 2.62. The number of anilines is 1. The number of pyridine rings is 1. The minimum Gasteiger partial charge on any atom is -0.379 e. The van der Waals surface area contributed by atoms with E-state index in [2.05, 4.69) is 15.3 Å². The topological polar surface area (TPSA) is 123 Å². The standard InChI is InChI=1S/C18H19N5O2S/c1-18(7-8-26-17(20)23-18)13-4-2-3-11(9-13)16(25)22-14-6-5-12(10-21-14)15(19)24/h2-6,9-10H,7-8H2,1H3,(H2,19,24)(H2,20,23)(H,21,22,25). The van der Waals surface area contributed by atoms with Gasteiger partial charge >= 0.3 is 0 Å². The first-order valence-corrected chi connectivity index (χ1v) is 9.02. The largest absolute Gasteiger partial charge is 0.379 e. The van der Waals surface area contributed by atoms with E-state index in [0.717, 1.165) is 17.7 Å². The number of hydrogen-bond donors (Lipinski definition) is 3. The van der Waals surface area contributed by atoms with Gasteiger partial charge in [-0.05, 0) is 43.2 Å². The SMILES string of the molecule is CC1(c2cccc(C(=O)Nc3ccc(C(N)=O)cn3)c2)CCSC(N)=N1. The highest BCUT2D eigenvalue weighted by Crippen LogP contribution is 2.35. The van der Waals surface area contributed by atoms with Crippen molar-refractivity contribution in [1.82, 2.24) is 4.98 Å². The van der Waals surface area contributed by atoms with Crippen molar-refractivity contribution in [1.29, 1.82) is 0 Å². The van der Waals surface area contributed by atoms with Crippen molar-refractivity contribution >= 4 is 34.6 Å². The number of amides is 2. The van der Waals surface area contributed by atoms with Gasteiger partial charge in [0.15, 0.2) is 5.17 Å². The molecule has 7 nitrogen and oxygen atoms in total. The van der Waals surface area contributed by atoms with Crippen LogP contribution in [0.15, 0.2) is 47.6 Å². The van der Waals surface area contributed by atoms with Gasteiger partial charge in [-0.1, -0.05) is 23.9 Å². The summed E-state index contributed by atoms with van der Waals surface area (Å²) in [7, 11) is 0. The lowest BCUT2D eigenvalue weighted by molar-refractivity contribution is 0.0998. The van der Waals surface area contributed by atoms with E-state index in [9.17, 15) is 9.59 Å². The zero-order valence-corrected chi connectivity index (χ0v) is 15.0. The van der Waals surface area contributed by atoms with Crippen LogP contribution in [0.3, 0.4) is 0 Å². The third-order valence-corrected chi connectivity index (χ3v) is 5.03. The molecule has 1 atom stereocenters. The lowest BCUT2D eigenvalue weighted by Crippen LogP contribution is -2.29. The van der Waals surface area contributed by atoms with E-state index in [1.54, 1.807) is 6.07 Å². The van der Waals surface area contributed by atoms with Crippen molar-refractivity contribution in [2.24, 2.45) is 16.5 Å². The van der Waals surface area contributed by atoms with Crippen LogP contribution < -0.4 is 16.8 Å². The van der Waals surface area contributed by atoms with E-state index < -0.39 is 11.4 Å². The van der Waals surface area contributed by atoms with Gasteiger partial charge in [0, 0.05) is 17.5 Å². The van der Waals surface area contributed by atoms with E-state index >= 15 is 0 Å². The number of hydrogen-bond acceptors (Lipinski definition) is 6. The molecular formula is C18H19N5O2S. The number of nitrogens with two attached hydrogens (primary N) is 2. The van der Waals surface area contributed by atoms with Crippen LogP contribution in [-0.4, -0.2) is 27.7 Å². The van der Waals surface area contributed by atoms with Crippen LogP contribution in [0.1, 0.15) is 39.6 Å². The molecule has 8 heteroatoms. The Morgan fingerprint density at radius 3 is 2.69 bits per heavy atom. The molecule has 0 radical (unpaired) electrons. The molecule has 0 bridgehead atoms. The quantitative estimate of drug-likeness (QED) is 0.761. The number of aliphatic imine (C=N–C) groups is 1. The van der Waals surface area contributed by atoms with E-state index in [-0.39, 0.29) is 11.5 Å². The molecule has 1 aromatic carbocycles. The number of benzene rings is 1. The summed E-state index contributed by atoms with van der Waals surface area (Å²) in [4.78, 5) is 32.2. The minimum atomic E-state index is -0.568. The molecule has 134 valence electrons. The fraction of sp³-hybridized carbons (Fsp3) is 0.222. The van der Waals surface area contributed by atoms with Crippen molar-refractivity contribution in [3.05, 3.63) is 59.3 Å². The minimum absolute atomic E-state index is 0.281. The first-order chi connectivity index (χ1) is 12.4. The number of aromatic nitrogens is 1. The van der Waals surface area contributed by atoms with Crippen LogP contribution >= 0.6 is 11.8 Å². The first kappa shape index (κ1) is 17.9. The number of carbonyl (C=O) groups is 2. The number of nitrogens with zero attached hydrogens (tertiary/aromatic N) is 2. The van der Waals surface area contributed by atoms with Gasteiger partial charge in [0.2, 0.25) is 5.91 Å². The van der Waals surface area contributed by atoms with Crippen molar-refractivity contribution in [2.75, 3.05) is 11.1 Å². The number of rotatable bonds is 4. The summed E-state index contributed by atoms with van der Waals surface area (Å²) in [6.07, 6.45) is 2.17. The second-order valence-electron chi connectivity index (χ2n) is 6.15. The molecule has 0 spiro atoms. The van der Waals surface area contributed by atoms with Gasteiger partial charge in [-0.25, -0.2) is 4.98 Å². The Hall–Kier alpha value is -2.87. The molecule has 26 heavy (non-hydrogen) atoms. The Kier molecular flexibility index (Phi) is 4.94. The van der Waals surface area contributed by atoms with Crippen LogP contribution in [0, 0.1) is 0 Å². The Morgan fingerprint density at radius 2 is 2.04 bits per heavy atom. The molecule has 2 heterocycles. The average molecular weight is 369 g/mol. The number of carbonyl (C=O) groups excluding carboxylic acids is 2. The zero-order chi connectivity index (χ0) is 18.7. The smallest absolute Gasteiger partial charge is 0.256 e. The van der Waals surface area contributed by atoms with Gasteiger partial charge in [-0.3, -0.25) is 14.6 Å². The van der Waals surface area contributed by atoms with E-state index in [1.165, 1.54) is 30.1 Å². The second kappa shape index (κ2) is 7.17. The van der Waals surface area contributed by atoms with Gasteiger partial charge in [0.25, 0.3) is 5.91 Å². The molecule has 1 aromatic heterocycles. The van der Waals surface area contributed by atoms with Crippen LogP contribution in [-0.2, 0) is 5.54 Å². The maximum absolute atomic E-state index is 12.5. The molecule has 0 aliphatic carbocycles. The third-order valence-electron chi connectivity index (χ3n) is 4.23. The highest BCUT2D eigenvalue weighted by molar-refractivity contribution is 8.13. The van der Waals surface area contributed by atoms with Crippen LogP contribution in [0.2, 0.25) is 0 Å². The Bertz CT molecular complexity index is 881. The summed E-state index contributed by atoms with van der Waals surface area (Å²) in [6, 6.07) is 10.4. The fourth-order valence-corrected chi connectivity index (χ4v) is 3.67. The van der Waals surface area contributed by atoms with Crippen LogP contribution in [0.4, 0.5) is 5.82 Å². The molecule has 0 saturated heterocycles. The number of thioether (sulfide) groups is 1. The highest BCUT2D eigenvalue weighted by atomic mass is 32.2. The lowest BCUT2D eigenvalue weighted by atomic mass is 9.88. The summed E-state index contributed by atoms with van der Waals surface area (Å²) < 4.78 is 0. The molecule has 1 aliphatic rings. The van der Waals surface area contributed by atoms with Crippen molar-refractivity contribution < 1.29 is 9.59 Å². The number of primary amides is 1. The van der Waals surface area contributed by atoms with E-state index in [0.29, 0.717) is 16.5 Å². The van der Waals surface area contributed by atoms with E-state index in [1.807, 2.05) is 25.1 Å². The lowest BCUT2D eigenvalue weighted by Gasteiger charge is -2.30. The molecule has 2 aromatic rings. The third kappa shape index (κ3) is 3.85. The normalized spacial score (nSPS) is 19.5. The summed E-state index contributed by atoms with van der Waals surface area (Å²) in [5.74, 6) is 0.366. The summed E-state index contributed by atoms with van der Waals surface area (Å²) in [5, 5.41) is 3.27. The molecule has 5 N–H and O–H groups in total. The van der Waals surface area contributed by atoms with Crippen LogP contribution in [0.5, 0.6) is 0 Å². The zero-order valence-electron chi connectivity index (χ0n) is 14.2. The summed E-state index contributed by atoms with van der Waals surface area (Å²) in [5.41, 5.74) is 12.3. The van der Waals surface area contributed by atoms with Gasteiger partial charge in [-0.2, -0.15) is 0 Å². The Morgan fingerprint density at radius 1 is 1.23 bits per heavy atom. The molecule has 3 rings (SSSR count). The Labute approximate surface area is 155 Å². The molecule has 0 fully saturated rings. The Balaban J connectivity index is 1.80. The van der Waals surface area contributed by atoms with Crippen molar-refractivity contribution in [3.8, 4) is 0 Å². The highest BCUT2D eigenvalue weighted by Gasteiger charge is 2.29. The fourth-order valence-electron chi connectivity index (χ4n) is 2.69. The van der Waals surface area contributed by atoms with Gasteiger partial charge in [0.1, 0.15) is 5.82 Å².